The summed E-state index contributed by atoms with van der Waals surface area (Å²) < 4.78 is 5.42. The number of carbonyl (C=O) groups is 1. The van der Waals surface area contributed by atoms with Gasteiger partial charge in [0.25, 0.3) is 0 Å². The third-order valence-electron chi connectivity index (χ3n) is 2.23. The fourth-order valence-corrected chi connectivity index (χ4v) is 1.37. The van der Waals surface area contributed by atoms with Gasteiger partial charge in [0, 0.05) is 13.2 Å². The molecule has 1 amide bonds. The molecular formula is C10H20N2O2. The molecular weight excluding hydrogens is 180 g/mol. The number of hydrogen-bond acceptors (Lipinski definition) is 3. The van der Waals surface area contributed by atoms with Gasteiger partial charge in [0.15, 0.2) is 0 Å². The number of rotatable bonds is 5. The van der Waals surface area contributed by atoms with E-state index in [9.17, 15) is 4.79 Å². The Morgan fingerprint density at radius 1 is 1.64 bits per heavy atom. The minimum Gasteiger partial charge on any atom is -0.379 e. The van der Waals surface area contributed by atoms with Crippen molar-refractivity contribution in [2.45, 2.75) is 26.8 Å². The number of ether oxygens (including phenoxy) is 1. The van der Waals surface area contributed by atoms with Crippen LogP contribution in [0.1, 0.15) is 20.8 Å². The monoisotopic (exact) mass is 200 g/mol. The molecule has 1 N–H and O–H groups in total. The summed E-state index contributed by atoms with van der Waals surface area (Å²) in [7, 11) is 0. The Hall–Kier alpha value is -0.610. The quantitative estimate of drug-likeness (QED) is 0.655. The van der Waals surface area contributed by atoms with Crippen molar-refractivity contribution >= 4 is 5.91 Å². The lowest BCUT2D eigenvalue weighted by molar-refractivity contribution is -0.129. The van der Waals surface area contributed by atoms with Crippen molar-refractivity contribution in [1.82, 2.24) is 10.2 Å². The summed E-state index contributed by atoms with van der Waals surface area (Å²) in [6.07, 6.45) is 0. The Balaban J connectivity index is 2.10. The fraction of sp³-hybridized carbons (Fsp3) is 0.900. The zero-order valence-corrected chi connectivity index (χ0v) is 9.25. The van der Waals surface area contributed by atoms with Crippen LogP contribution in [-0.2, 0) is 9.53 Å². The second-order valence-electron chi connectivity index (χ2n) is 4.15. The van der Waals surface area contributed by atoms with Gasteiger partial charge in [0.05, 0.1) is 19.3 Å². The molecule has 4 nitrogen and oxygen atoms in total. The number of nitrogens with zero attached hydrogens (tertiary/aromatic N) is 1. The molecule has 1 rings (SSSR count). The van der Waals surface area contributed by atoms with E-state index in [1.54, 1.807) is 4.90 Å². The summed E-state index contributed by atoms with van der Waals surface area (Å²) in [5, 5.41) is 3.09. The lowest BCUT2D eigenvalue weighted by Crippen LogP contribution is -2.31. The van der Waals surface area contributed by atoms with Crippen LogP contribution in [0.4, 0.5) is 0 Å². The molecule has 4 heteroatoms. The first-order valence-corrected chi connectivity index (χ1v) is 5.21. The van der Waals surface area contributed by atoms with Gasteiger partial charge in [-0.05, 0) is 12.8 Å². The summed E-state index contributed by atoms with van der Waals surface area (Å²) in [4.78, 5) is 13.2. The van der Waals surface area contributed by atoms with E-state index in [1.165, 1.54) is 0 Å². The molecule has 1 unspecified atom stereocenters. The standard InChI is InChI=1S/C10H20N2O2/c1-8(2)6-14-5-4-12-7-11-9(3)10(12)13/h8-9,11H,4-7H2,1-3H3. The highest BCUT2D eigenvalue weighted by Crippen LogP contribution is 2.02. The van der Waals surface area contributed by atoms with E-state index < -0.39 is 0 Å². The van der Waals surface area contributed by atoms with Crippen molar-refractivity contribution in [2.24, 2.45) is 5.92 Å². The van der Waals surface area contributed by atoms with E-state index in [-0.39, 0.29) is 11.9 Å². The second kappa shape index (κ2) is 5.32. The van der Waals surface area contributed by atoms with Crippen LogP contribution < -0.4 is 5.32 Å². The Labute approximate surface area is 85.6 Å². The van der Waals surface area contributed by atoms with E-state index in [1.807, 2.05) is 6.92 Å². The summed E-state index contributed by atoms with van der Waals surface area (Å²) >= 11 is 0. The predicted octanol–water partition coefficient (Wildman–Crippen LogP) is 0.437. The van der Waals surface area contributed by atoms with Gasteiger partial charge in [-0.3, -0.25) is 10.1 Å². The molecule has 0 aromatic carbocycles. The third-order valence-corrected chi connectivity index (χ3v) is 2.23. The molecule has 0 spiro atoms. The van der Waals surface area contributed by atoms with Crippen LogP contribution >= 0.6 is 0 Å². The van der Waals surface area contributed by atoms with Crippen LogP contribution in [0.25, 0.3) is 0 Å². The SMILES string of the molecule is CC(C)COCCN1CNC(C)C1=O. The summed E-state index contributed by atoms with van der Waals surface area (Å²) in [5.74, 6) is 0.736. The van der Waals surface area contributed by atoms with Gasteiger partial charge in [-0.2, -0.15) is 0 Å². The fourth-order valence-electron chi connectivity index (χ4n) is 1.37. The van der Waals surface area contributed by atoms with Crippen molar-refractivity contribution in [3.63, 3.8) is 0 Å². The molecule has 0 bridgehead atoms. The topological polar surface area (TPSA) is 41.6 Å². The maximum Gasteiger partial charge on any atom is 0.240 e. The second-order valence-corrected chi connectivity index (χ2v) is 4.15. The van der Waals surface area contributed by atoms with Gasteiger partial charge >= 0.3 is 0 Å². The molecule has 0 aromatic heterocycles. The largest absolute Gasteiger partial charge is 0.379 e. The minimum atomic E-state index is -0.0277. The van der Waals surface area contributed by atoms with Gasteiger partial charge in [0.1, 0.15) is 0 Å². The molecule has 0 aromatic rings. The molecule has 0 aliphatic carbocycles. The van der Waals surface area contributed by atoms with Crippen LogP contribution in [0.3, 0.4) is 0 Å². The van der Waals surface area contributed by atoms with Crippen molar-refractivity contribution < 1.29 is 9.53 Å². The van der Waals surface area contributed by atoms with Crippen LogP contribution in [-0.4, -0.2) is 43.3 Å². The first kappa shape index (κ1) is 11.5. The van der Waals surface area contributed by atoms with Crippen molar-refractivity contribution in [3.05, 3.63) is 0 Å². The molecule has 1 fully saturated rings. The maximum atomic E-state index is 11.4. The van der Waals surface area contributed by atoms with E-state index in [0.717, 1.165) is 6.61 Å². The first-order chi connectivity index (χ1) is 6.61. The van der Waals surface area contributed by atoms with Crippen molar-refractivity contribution in [2.75, 3.05) is 26.4 Å². The zero-order chi connectivity index (χ0) is 10.6. The molecule has 14 heavy (non-hydrogen) atoms. The van der Waals surface area contributed by atoms with Crippen LogP contribution in [0.5, 0.6) is 0 Å². The molecule has 1 aliphatic heterocycles. The van der Waals surface area contributed by atoms with Gasteiger partial charge in [0.2, 0.25) is 5.91 Å². The van der Waals surface area contributed by atoms with Crippen LogP contribution in [0.15, 0.2) is 0 Å². The highest BCUT2D eigenvalue weighted by molar-refractivity contribution is 5.83. The molecule has 1 aliphatic rings. The van der Waals surface area contributed by atoms with E-state index in [4.69, 9.17) is 4.74 Å². The number of hydrogen-bond donors (Lipinski definition) is 1. The smallest absolute Gasteiger partial charge is 0.240 e. The molecule has 1 heterocycles. The van der Waals surface area contributed by atoms with Crippen molar-refractivity contribution in [1.29, 1.82) is 0 Å². The number of amides is 1. The van der Waals surface area contributed by atoms with Crippen molar-refractivity contribution in [3.8, 4) is 0 Å². The lowest BCUT2D eigenvalue weighted by Gasteiger charge is -2.15. The first-order valence-electron chi connectivity index (χ1n) is 5.21. The van der Waals surface area contributed by atoms with Crippen LogP contribution in [0, 0.1) is 5.92 Å². The third kappa shape index (κ3) is 3.27. The van der Waals surface area contributed by atoms with Gasteiger partial charge in [-0.25, -0.2) is 0 Å². The Morgan fingerprint density at radius 3 is 2.86 bits per heavy atom. The van der Waals surface area contributed by atoms with Gasteiger partial charge < -0.3 is 9.64 Å². The van der Waals surface area contributed by atoms with E-state index >= 15 is 0 Å². The lowest BCUT2D eigenvalue weighted by atomic mass is 10.2. The van der Waals surface area contributed by atoms with Gasteiger partial charge in [-0.15, -0.1) is 0 Å². The summed E-state index contributed by atoms with van der Waals surface area (Å²) in [5.41, 5.74) is 0. The number of carbonyl (C=O) groups excluding carboxylic acids is 1. The molecule has 1 saturated heterocycles. The molecule has 82 valence electrons. The zero-order valence-electron chi connectivity index (χ0n) is 9.25. The minimum absolute atomic E-state index is 0.0277. The Morgan fingerprint density at radius 2 is 2.36 bits per heavy atom. The average molecular weight is 200 g/mol. The maximum absolute atomic E-state index is 11.4. The number of nitrogens with one attached hydrogen (secondary N) is 1. The van der Waals surface area contributed by atoms with Gasteiger partial charge in [-0.1, -0.05) is 13.8 Å². The molecule has 0 saturated carbocycles. The normalized spacial score (nSPS) is 22.4. The predicted molar refractivity (Wildman–Crippen MR) is 54.8 cm³/mol. The molecule has 0 radical (unpaired) electrons. The average Bonchev–Trinajstić information content (AvgIpc) is 2.43. The Kier molecular flexibility index (Phi) is 4.35. The van der Waals surface area contributed by atoms with E-state index in [0.29, 0.717) is 25.7 Å². The van der Waals surface area contributed by atoms with Crippen LogP contribution in [0.2, 0.25) is 0 Å². The highest BCUT2D eigenvalue weighted by Gasteiger charge is 2.26. The summed E-state index contributed by atoms with van der Waals surface area (Å²) in [6, 6.07) is -0.0277. The van der Waals surface area contributed by atoms with E-state index in [2.05, 4.69) is 19.2 Å². The summed E-state index contributed by atoms with van der Waals surface area (Å²) in [6.45, 7) is 8.88. The molecule has 1 atom stereocenters. The Bertz CT molecular complexity index is 195. The highest BCUT2D eigenvalue weighted by atomic mass is 16.5.